The van der Waals surface area contributed by atoms with Gasteiger partial charge in [0, 0.05) is 36.0 Å². The van der Waals surface area contributed by atoms with E-state index < -0.39 is 18.0 Å². The predicted octanol–water partition coefficient (Wildman–Crippen LogP) is 3.32. The van der Waals surface area contributed by atoms with Crippen molar-refractivity contribution in [2.24, 2.45) is 0 Å². The number of halogens is 3. The molecule has 0 bridgehead atoms. The van der Waals surface area contributed by atoms with Crippen LogP contribution in [0.5, 0.6) is 5.75 Å². The van der Waals surface area contributed by atoms with E-state index in [0.717, 1.165) is 63.2 Å². The van der Waals surface area contributed by atoms with Gasteiger partial charge in [0.25, 0.3) is 5.91 Å². The molecule has 10 nitrogen and oxygen atoms in total. The Morgan fingerprint density at radius 1 is 1.15 bits per heavy atom. The summed E-state index contributed by atoms with van der Waals surface area (Å²) in [6, 6.07) is 3.96. The molecule has 2 fully saturated rings. The normalized spacial score (nSPS) is 19.3. The van der Waals surface area contributed by atoms with Gasteiger partial charge in [0.2, 0.25) is 11.9 Å². The molecule has 0 radical (unpaired) electrons. The number of ether oxygens (including phenoxy) is 1. The van der Waals surface area contributed by atoms with Gasteiger partial charge in [0.1, 0.15) is 5.82 Å². The van der Waals surface area contributed by atoms with E-state index in [1.165, 1.54) is 12.1 Å². The van der Waals surface area contributed by atoms with Crippen LogP contribution in [0.15, 0.2) is 24.4 Å². The van der Waals surface area contributed by atoms with Crippen molar-refractivity contribution in [2.45, 2.75) is 63.5 Å². The van der Waals surface area contributed by atoms with Crippen molar-refractivity contribution in [1.29, 1.82) is 0 Å². The lowest BCUT2D eigenvalue weighted by atomic mass is 10.0. The van der Waals surface area contributed by atoms with E-state index >= 15 is 0 Å². The van der Waals surface area contributed by atoms with Crippen LogP contribution in [0.2, 0.25) is 0 Å². The van der Waals surface area contributed by atoms with Crippen molar-refractivity contribution in [3.05, 3.63) is 35.5 Å². The third-order valence-corrected chi connectivity index (χ3v) is 7.44. The maximum absolute atomic E-state index is 13.3. The lowest BCUT2D eigenvalue weighted by molar-refractivity contribution is -0.274. The van der Waals surface area contributed by atoms with Gasteiger partial charge in [-0.15, -0.1) is 13.2 Å². The molecular formula is C26H32F3N7O3. The first-order chi connectivity index (χ1) is 18.6. The number of rotatable bonds is 6. The summed E-state index contributed by atoms with van der Waals surface area (Å²) in [4.78, 5) is 38.1. The predicted molar refractivity (Wildman–Crippen MR) is 138 cm³/mol. The molecule has 210 valence electrons. The molecule has 0 unspecified atom stereocenters. The lowest BCUT2D eigenvalue weighted by Gasteiger charge is -2.29. The summed E-state index contributed by atoms with van der Waals surface area (Å²) in [7, 11) is 2.00. The summed E-state index contributed by atoms with van der Waals surface area (Å²) in [5.74, 6) is -0.522. The lowest BCUT2D eigenvalue weighted by Crippen LogP contribution is -2.43. The van der Waals surface area contributed by atoms with Crippen LogP contribution in [0.25, 0.3) is 0 Å². The Kier molecular flexibility index (Phi) is 7.78. The van der Waals surface area contributed by atoms with Gasteiger partial charge in [-0.05, 0) is 64.0 Å². The van der Waals surface area contributed by atoms with Crippen molar-refractivity contribution >= 4 is 29.3 Å². The van der Waals surface area contributed by atoms with Crippen molar-refractivity contribution in [3.63, 3.8) is 0 Å². The van der Waals surface area contributed by atoms with Gasteiger partial charge in [0.15, 0.2) is 5.75 Å². The van der Waals surface area contributed by atoms with E-state index in [-0.39, 0.29) is 48.3 Å². The zero-order valence-electron chi connectivity index (χ0n) is 21.7. The largest absolute Gasteiger partial charge is 0.573 e. The highest BCUT2D eigenvalue weighted by Gasteiger charge is 2.33. The number of aromatic nitrogens is 2. The minimum atomic E-state index is -4.97. The highest BCUT2D eigenvalue weighted by molar-refractivity contribution is 5.95. The van der Waals surface area contributed by atoms with Crippen molar-refractivity contribution < 1.29 is 27.5 Å². The van der Waals surface area contributed by atoms with Gasteiger partial charge in [-0.3, -0.25) is 9.59 Å². The second-order valence-electron chi connectivity index (χ2n) is 10.3. The summed E-state index contributed by atoms with van der Waals surface area (Å²) in [5, 5.41) is 8.57. The highest BCUT2D eigenvalue weighted by Crippen LogP contribution is 2.35. The third-order valence-electron chi connectivity index (χ3n) is 7.44. The van der Waals surface area contributed by atoms with Crippen LogP contribution in [0.4, 0.5) is 30.6 Å². The van der Waals surface area contributed by atoms with Crippen LogP contribution >= 0.6 is 0 Å². The second-order valence-corrected chi connectivity index (χ2v) is 10.3. The molecule has 1 aromatic carbocycles. The van der Waals surface area contributed by atoms with Crippen molar-refractivity contribution in [2.75, 3.05) is 36.9 Å². The second kappa shape index (κ2) is 11.2. The van der Waals surface area contributed by atoms with E-state index in [9.17, 15) is 22.8 Å². The van der Waals surface area contributed by atoms with Crippen molar-refractivity contribution in [3.8, 4) is 5.75 Å². The minimum absolute atomic E-state index is 0.0432. The molecule has 39 heavy (non-hydrogen) atoms. The van der Waals surface area contributed by atoms with Crippen LogP contribution in [-0.2, 0) is 11.3 Å². The molecule has 3 aliphatic rings. The monoisotopic (exact) mass is 547 g/mol. The zero-order valence-corrected chi connectivity index (χ0v) is 21.7. The molecule has 3 N–H and O–H groups in total. The molecule has 1 saturated carbocycles. The number of carbonyl (C=O) groups is 2. The zero-order chi connectivity index (χ0) is 27.6. The van der Waals surface area contributed by atoms with Crippen LogP contribution in [-0.4, -0.2) is 71.8 Å². The van der Waals surface area contributed by atoms with E-state index in [1.807, 2.05) is 11.9 Å². The Morgan fingerprint density at radius 3 is 2.62 bits per heavy atom. The van der Waals surface area contributed by atoms with Crippen LogP contribution in [0.3, 0.4) is 0 Å². The Labute approximate surface area is 224 Å². The van der Waals surface area contributed by atoms with Gasteiger partial charge in [-0.1, -0.05) is 12.8 Å². The molecule has 1 aromatic heterocycles. The topological polar surface area (TPSA) is 112 Å². The molecule has 1 aliphatic carbocycles. The average molecular weight is 548 g/mol. The fraction of sp³-hybridized carbons (Fsp3) is 0.538. The third kappa shape index (κ3) is 6.70. The first kappa shape index (κ1) is 27.0. The van der Waals surface area contributed by atoms with Crippen LogP contribution < -0.4 is 25.6 Å². The van der Waals surface area contributed by atoms with Crippen molar-refractivity contribution in [1.82, 2.24) is 25.5 Å². The molecule has 5 rings (SSSR count). The summed E-state index contributed by atoms with van der Waals surface area (Å²) in [6.07, 6.45) is 2.11. The molecule has 2 amide bonds. The van der Waals surface area contributed by atoms with E-state index in [4.69, 9.17) is 0 Å². The first-order valence-corrected chi connectivity index (χ1v) is 13.2. The summed E-state index contributed by atoms with van der Waals surface area (Å²) in [6.45, 7) is 2.08. The Morgan fingerprint density at radius 2 is 1.90 bits per heavy atom. The summed E-state index contributed by atoms with van der Waals surface area (Å²) >= 11 is 0. The Balaban J connectivity index is 1.39. The van der Waals surface area contributed by atoms with E-state index in [2.05, 4.69) is 35.6 Å². The fourth-order valence-electron chi connectivity index (χ4n) is 5.35. The number of amides is 2. The van der Waals surface area contributed by atoms with Gasteiger partial charge < -0.3 is 30.5 Å². The minimum Gasteiger partial charge on any atom is -0.404 e. The number of hydrogen-bond acceptors (Lipinski definition) is 8. The molecule has 1 saturated heterocycles. The average Bonchev–Trinajstić information content (AvgIpc) is 3.37. The number of benzene rings is 1. The first-order valence-electron chi connectivity index (χ1n) is 13.2. The number of nitrogens with zero attached hydrogens (tertiary/aromatic N) is 4. The number of nitrogens with one attached hydrogen (secondary N) is 3. The SMILES string of the molecule is CN1CCC(NC(=O)c2ccc(Nc3ncc4c(n3)N(C3CCCC3)CC(=O)NC4)c(OC(F)(F)F)c2)CC1. The standard InChI is InChI=1S/C26H32F3N7O3/c1-35-10-8-18(9-11-35)32-24(38)16-6-7-20(21(12-16)39-26(27,28)29)33-25-31-14-17-13-30-22(37)15-36(23(17)34-25)19-4-2-3-5-19/h6-7,12,14,18-19H,2-5,8-11,13,15H2,1H3,(H,30,37)(H,32,38)(H,31,33,34). The number of fused-ring (bicyclic) bond motifs is 1. The number of carbonyl (C=O) groups excluding carboxylic acids is 2. The van der Waals surface area contributed by atoms with E-state index in [0.29, 0.717) is 5.82 Å². The van der Waals surface area contributed by atoms with Gasteiger partial charge in [0.05, 0.1) is 12.2 Å². The Bertz CT molecular complexity index is 1210. The fourth-order valence-corrected chi connectivity index (χ4v) is 5.35. The maximum atomic E-state index is 13.3. The van der Waals surface area contributed by atoms with Crippen LogP contribution in [0, 0.1) is 0 Å². The number of hydrogen-bond donors (Lipinski definition) is 3. The van der Waals surface area contributed by atoms with Gasteiger partial charge >= 0.3 is 6.36 Å². The number of likely N-dealkylation sites (tertiary alicyclic amines) is 1. The molecule has 13 heteroatoms. The molecule has 3 heterocycles. The summed E-state index contributed by atoms with van der Waals surface area (Å²) in [5.41, 5.74) is 0.739. The molecule has 0 atom stereocenters. The van der Waals surface area contributed by atoms with Gasteiger partial charge in [-0.2, -0.15) is 4.98 Å². The number of piperidine rings is 1. The summed E-state index contributed by atoms with van der Waals surface area (Å²) < 4.78 is 44.2. The molecule has 2 aliphatic heterocycles. The molecule has 2 aromatic rings. The smallest absolute Gasteiger partial charge is 0.404 e. The molecule has 0 spiro atoms. The quantitative estimate of drug-likeness (QED) is 0.505. The van der Waals surface area contributed by atoms with Gasteiger partial charge in [-0.25, -0.2) is 4.98 Å². The maximum Gasteiger partial charge on any atom is 0.573 e. The van der Waals surface area contributed by atoms with E-state index in [1.54, 1.807) is 6.20 Å². The molecular weight excluding hydrogens is 515 g/mol. The Hall–Kier alpha value is -3.61. The van der Waals surface area contributed by atoms with Crippen LogP contribution in [0.1, 0.15) is 54.4 Å². The number of alkyl halides is 3. The number of anilines is 3. The highest BCUT2D eigenvalue weighted by atomic mass is 19.4.